The molecule has 0 spiro atoms. The Labute approximate surface area is 126 Å². The number of rotatable bonds is 5. The fourth-order valence-electron chi connectivity index (χ4n) is 3.29. The Morgan fingerprint density at radius 2 is 2.10 bits per heavy atom. The van der Waals surface area contributed by atoms with E-state index in [2.05, 4.69) is 11.0 Å². The number of nitrogens with zero attached hydrogens (tertiary/aromatic N) is 1. The van der Waals surface area contributed by atoms with Crippen LogP contribution in [0, 0.1) is 0 Å². The molecule has 116 valence electrons. The van der Waals surface area contributed by atoms with E-state index < -0.39 is 0 Å². The highest BCUT2D eigenvalue weighted by molar-refractivity contribution is 5.48. The Bertz CT molecular complexity index is 490. The van der Waals surface area contributed by atoms with Crippen molar-refractivity contribution >= 4 is 0 Å². The van der Waals surface area contributed by atoms with Crippen LogP contribution in [0.2, 0.25) is 0 Å². The molecule has 5 heteroatoms. The molecule has 3 rings (SSSR count). The van der Waals surface area contributed by atoms with E-state index in [1.807, 2.05) is 12.1 Å². The summed E-state index contributed by atoms with van der Waals surface area (Å²) < 4.78 is 17.0. The second kappa shape index (κ2) is 6.22. The lowest BCUT2D eigenvalue weighted by molar-refractivity contribution is -0.0718. The van der Waals surface area contributed by atoms with Gasteiger partial charge in [-0.05, 0) is 18.9 Å². The monoisotopic (exact) mass is 292 g/mol. The van der Waals surface area contributed by atoms with Crippen LogP contribution < -0.4 is 15.2 Å². The molecule has 2 atom stereocenters. The number of hydrogen-bond donors (Lipinski definition) is 1. The molecule has 1 aromatic carbocycles. The molecule has 2 unspecified atom stereocenters. The van der Waals surface area contributed by atoms with Gasteiger partial charge in [0, 0.05) is 24.7 Å². The van der Waals surface area contributed by atoms with Crippen LogP contribution in [0.15, 0.2) is 18.2 Å². The topological polar surface area (TPSA) is 57.0 Å². The maximum Gasteiger partial charge on any atom is 0.165 e. The van der Waals surface area contributed by atoms with Crippen molar-refractivity contribution in [2.75, 3.05) is 33.9 Å². The molecule has 2 N–H and O–H groups in total. The normalized spacial score (nSPS) is 26.6. The predicted molar refractivity (Wildman–Crippen MR) is 80.8 cm³/mol. The summed E-state index contributed by atoms with van der Waals surface area (Å²) in [5.41, 5.74) is 7.06. The van der Waals surface area contributed by atoms with Crippen LogP contribution >= 0.6 is 0 Å². The number of para-hydroxylation sites is 1. The summed E-state index contributed by atoms with van der Waals surface area (Å²) in [5.74, 6) is 1.55. The molecule has 0 bridgehead atoms. The Morgan fingerprint density at radius 1 is 1.29 bits per heavy atom. The first-order valence-corrected chi connectivity index (χ1v) is 7.58. The lowest BCUT2D eigenvalue weighted by Crippen LogP contribution is -2.49. The van der Waals surface area contributed by atoms with Crippen molar-refractivity contribution in [3.05, 3.63) is 23.8 Å². The summed E-state index contributed by atoms with van der Waals surface area (Å²) in [4.78, 5) is 2.53. The third-order valence-corrected chi connectivity index (χ3v) is 4.39. The summed E-state index contributed by atoms with van der Waals surface area (Å²) in [6.45, 7) is 2.21. The van der Waals surface area contributed by atoms with E-state index in [0.717, 1.165) is 30.2 Å². The quantitative estimate of drug-likeness (QED) is 0.892. The van der Waals surface area contributed by atoms with Crippen LogP contribution in [0.5, 0.6) is 11.5 Å². The fourth-order valence-corrected chi connectivity index (χ4v) is 3.29. The first-order chi connectivity index (χ1) is 10.3. The second-order valence-corrected chi connectivity index (χ2v) is 5.64. The van der Waals surface area contributed by atoms with Gasteiger partial charge in [-0.15, -0.1) is 0 Å². The van der Waals surface area contributed by atoms with Crippen molar-refractivity contribution in [1.82, 2.24) is 4.90 Å². The summed E-state index contributed by atoms with van der Waals surface area (Å²) in [6, 6.07) is 6.82. The maximum absolute atomic E-state index is 5.95. The Kier molecular flexibility index (Phi) is 4.33. The highest BCUT2D eigenvalue weighted by Gasteiger charge is 2.42. The zero-order valence-corrected chi connectivity index (χ0v) is 12.7. The number of hydrogen-bond acceptors (Lipinski definition) is 5. The fraction of sp³-hybridized carbons (Fsp3) is 0.625. The largest absolute Gasteiger partial charge is 0.493 e. The highest BCUT2D eigenvalue weighted by Crippen LogP contribution is 2.44. The molecule has 2 fully saturated rings. The Balaban J connectivity index is 2.01. The molecule has 21 heavy (non-hydrogen) atoms. The third kappa shape index (κ3) is 2.73. The molecule has 2 aliphatic rings. The number of morpholine rings is 1. The van der Waals surface area contributed by atoms with Crippen molar-refractivity contribution in [2.45, 2.75) is 31.0 Å². The summed E-state index contributed by atoms with van der Waals surface area (Å²) in [6.07, 6.45) is 2.53. The number of methoxy groups -OCH3 is 2. The second-order valence-electron chi connectivity index (χ2n) is 5.64. The SMILES string of the molecule is COc1cccc(C2C(CN)OCCN2C2CC2)c1OC. The van der Waals surface area contributed by atoms with E-state index in [-0.39, 0.29) is 12.1 Å². The van der Waals surface area contributed by atoms with E-state index in [4.69, 9.17) is 19.9 Å². The van der Waals surface area contributed by atoms with Gasteiger partial charge >= 0.3 is 0 Å². The molecule has 1 aliphatic heterocycles. The van der Waals surface area contributed by atoms with Gasteiger partial charge in [0.05, 0.1) is 33.0 Å². The van der Waals surface area contributed by atoms with Crippen LogP contribution in [-0.4, -0.2) is 51.0 Å². The van der Waals surface area contributed by atoms with Gasteiger partial charge in [0.25, 0.3) is 0 Å². The minimum Gasteiger partial charge on any atom is -0.493 e. The smallest absolute Gasteiger partial charge is 0.165 e. The zero-order valence-electron chi connectivity index (χ0n) is 12.7. The van der Waals surface area contributed by atoms with Crippen molar-refractivity contribution in [1.29, 1.82) is 0 Å². The average molecular weight is 292 g/mol. The Morgan fingerprint density at radius 3 is 2.71 bits per heavy atom. The third-order valence-electron chi connectivity index (χ3n) is 4.39. The molecule has 1 aromatic rings. The van der Waals surface area contributed by atoms with Crippen molar-refractivity contribution in [2.24, 2.45) is 5.73 Å². The van der Waals surface area contributed by atoms with Crippen LogP contribution in [-0.2, 0) is 4.74 Å². The van der Waals surface area contributed by atoms with Crippen LogP contribution in [0.3, 0.4) is 0 Å². The van der Waals surface area contributed by atoms with E-state index in [1.54, 1.807) is 14.2 Å². The molecule has 1 heterocycles. The van der Waals surface area contributed by atoms with Gasteiger partial charge in [0.2, 0.25) is 0 Å². The first-order valence-electron chi connectivity index (χ1n) is 7.58. The summed E-state index contributed by atoms with van der Waals surface area (Å²) >= 11 is 0. The minimum atomic E-state index is 0.000330. The lowest BCUT2D eigenvalue weighted by atomic mass is 9.96. The van der Waals surface area contributed by atoms with Gasteiger partial charge in [0.1, 0.15) is 0 Å². The zero-order chi connectivity index (χ0) is 14.8. The van der Waals surface area contributed by atoms with Gasteiger partial charge in [0.15, 0.2) is 11.5 Å². The molecule has 0 amide bonds. The van der Waals surface area contributed by atoms with Gasteiger partial charge in [-0.25, -0.2) is 0 Å². The minimum absolute atomic E-state index is 0.000330. The molecule has 1 saturated heterocycles. The van der Waals surface area contributed by atoms with Crippen LogP contribution in [0.25, 0.3) is 0 Å². The maximum atomic E-state index is 5.95. The lowest BCUT2D eigenvalue weighted by Gasteiger charge is -2.42. The van der Waals surface area contributed by atoms with Crippen molar-refractivity contribution < 1.29 is 14.2 Å². The van der Waals surface area contributed by atoms with Gasteiger partial charge in [-0.1, -0.05) is 12.1 Å². The highest BCUT2D eigenvalue weighted by atomic mass is 16.5. The van der Waals surface area contributed by atoms with Crippen molar-refractivity contribution in [3.8, 4) is 11.5 Å². The summed E-state index contributed by atoms with van der Waals surface area (Å²) in [5, 5.41) is 0. The number of ether oxygens (including phenoxy) is 3. The van der Waals surface area contributed by atoms with E-state index in [0.29, 0.717) is 12.6 Å². The molecule has 0 radical (unpaired) electrons. The van der Waals surface area contributed by atoms with Gasteiger partial charge in [-0.2, -0.15) is 0 Å². The number of benzene rings is 1. The Hall–Kier alpha value is -1.30. The molecular weight excluding hydrogens is 268 g/mol. The molecule has 0 aromatic heterocycles. The molecule has 1 aliphatic carbocycles. The first kappa shape index (κ1) is 14.6. The van der Waals surface area contributed by atoms with Crippen LogP contribution in [0.1, 0.15) is 24.4 Å². The van der Waals surface area contributed by atoms with E-state index >= 15 is 0 Å². The molecule has 5 nitrogen and oxygen atoms in total. The molecular formula is C16H24N2O3. The average Bonchev–Trinajstić information content (AvgIpc) is 3.37. The molecule has 1 saturated carbocycles. The van der Waals surface area contributed by atoms with Crippen molar-refractivity contribution in [3.63, 3.8) is 0 Å². The van der Waals surface area contributed by atoms with Gasteiger partial charge < -0.3 is 19.9 Å². The summed E-state index contributed by atoms with van der Waals surface area (Å²) in [7, 11) is 3.35. The van der Waals surface area contributed by atoms with Gasteiger partial charge in [-0.3, -0.25) is 4.90 Å². The standard InChI is InChI=1S/C16H24N2O3/c1-19-13-5-3-4-12(16(13)20-2)15-14(10-17)21-9-8-18(15)11-6-7-11/h3-5,11,14-15H,6-10,17H2,1-2H3. The number of nitrogens with two attached hydrogens (primary N) is 1. The van der Waals surface area contributed by atoms with E-state index in [9.17, 15) is 0 Å². The van der Waals surface area contributed by atoms with Crippen LogP contribution in [0.4, 0.5) is 0 Å². The van der Waals surface area contributed by atoms with E-state index in [1.165, 1.54) is 12.8 Å². The predicted octanol–water partition coefficient (Wildman–Crippen LogP) is 1.57.